The molecule has 1 aliphatic heterocycles. The fourth-order valence-electron chi connectivity index (χ4n) is 3.00. The van der Waals surface area contributed by atoms with Crippen LogP contribution < -0.4 is 20.1 Å². The molecule has 9 nitrogen and oxygen atoms in total. The van der Waals surface area contributed by atoms with Crippen LogP contribution in [0.4, 0.5) is 23.0 Å². The van der Waals surface area contributed by atoms with E-state index in [1.54, 1.807) is 18.2 Å². The second-order valence-corrected chi connectivity index (χ2v) is 6.32. The Morgan fingerprint density at radius 1 is 1.00 bits per heavy atom. The molecule has 0 atom stereocenters. The Kier molecular flexibility index (Phi) is 5.37. The Hall–Kier alpha value is -3.88. The van der Waals surface area contributed by atoms with Gasteiger partial charge in [0.15, 0.2) is 11.5 Å². The molecule has 0 saturated heterocycles. The molecule has 0 saturated carbocycles. The molecule has 29 heavy (non-hydrogen) atoms. The third kappa shape index (κ3) is 4.34. The molecule has 1 aromatic heterocycles. The van der Waals surface area contributed by atoms with Crippen molar-refractivity contribution in [3.8, 4) is 11.5 Å². The number of ether oxygens (including phenoxy) is 2. The monoisotopic (exact) mass is 393 g/mol. The predicted octanol–water partition coefficient (Wildman–Crippen LogP) is 3.55. The largest absolute Gasteiger partial charge is 0.486 e. The fraction of sp³-hybridized carbons (Fsp3) is 0.200. The fourth-order valence-corrected chi connectivity index (χ4v) is 3.00. The number of rotatable bonds is 7. The minimum absolute atomic E-state index is 0.101. The lowest BCUT2D eigenvalue weighted by Crippen LogP contribution is -2.15. The molecule has 0 bridgehead atoms. The van der Waals surface area contributed by atoms with Gasteiger partial charge in [-0.3, -0.25) is 10.1 Å². The zero-order valence-corrected chi connectivity index (χ0v) is 15.5. The molecule has 2 aromatic carbocycles. The number of hydrogen-bond donors (Lipinski definition) is 2. The van der Waals surface area contributed by atoms with Gasteiger partial charge < -0.3 is 20.1 Å². The molecular formula is C20H19N5O4. The number of anilines is 3. The van der Waals surface area contributed by atoms with E-state index in [0.717, 1.165) is 5.56 Å². The van der Waals surface area contributed by atoms with Gasteiger partial charge in [0.1, 0.15) is 19.5 Å². The average molecular weight is 393 g/mol. The molecular weight excluding hydrogens is 374 g/mol. The standard InChI is InChI=1S/C20H19N5O4/c26-25(27)18-19(21-9-8-14-4-2-1-3-5-14)22-13-23-20(18)24-15-6-7-16-17(12-15)29-11-10-28-16/h1-7,12-13H,8-11H2,(H2,21,22,23,24). The van der Waals surface area contributed by atoms with Crippen molar-refractivity contribution in [2.75, 3.05) is 30.4 Å². The summed E-state index contributed by atoms with van der Waals surface area (Å²) in [5.74, 6) is 1.49. The van der Waals surface area contributed by atoms with Crippen LogP contribution in [0.3, 0.4) is 0 Å². The van der Waals surface area contributed by atoms with Crippen molar-refractivity contribution in [2.24, 2.45) is 0 Å². The molecule has 0 fully saturated rings. The van der Waals surface area contributed by atoms with Gasteiger partial charge in [-0.05, 0) is 24.1 Å². The van der Waals surface area contributed by atoms with Crippen LogP contribution in [0.1, 0.15) is 5.56 Å². The van der Waals surface area contributed by atoms with Crippen LogP contribution >= 0.6 is 0 Å². The third-order valence-corrected chi connectivity index (χ3v) is 4.36. The van der Waals surface area contributed by atoms with E-state index in [4.69, 9.17) is 9.47 Å². The van der Waals surface area contributed by atoms with Gasteiger partial charge in [-0.25, -0.2) is 9.97 Å². The molecule has 2 N–H and O–H groups in total. The van der Waals surface area contributed by atoms with Crippen LogP contribution in [0.5, 0.6) is 11.5 Å². The number of nitrogens with one attached hydrogen (secondary N) is 2. The summed E-state index contributed by atoms with van der Waals surface area (Å²) in [4.78, 5) is 19.3. The van der Waals surface area contributed by atoms with E-state index in [9.17, 15) is 10.1 Å². The molecule has 0 aliphatic carbocycles. The van der Waals surface area contributed by atoms with E-state index < -0.39 is 4.92 Å². The Balaban J connectivity index is 1.52. The van der Waals surface area contributed by atoms with E-state index in [0.29, 0.717) is 43.4 Å². The molecule has 1 aliphatic rings. The highest BCUT2D eigenvalue weighted by atomic mass is 16.6. The minimum Gasteiger partial charge on any atom is -0.486 e. The van der Waals surface area contributed by atoms with Gasteiger partial charge >= 0.3 is 5.69 Å². The molecule has 9 heteroatoms. The summed E-state index contributed by atoms with van der Waals surface area (Å²) in [6.07, 6.45) is 2.01. The first-order valence-corrected chi connectivity index (χ1v) is 9.14. The van der Waals surface area contributed by atoms with Crippen molar-refractivity contribution in [3.05, 3.63) is 70.5 Å². The number of nitrogens with zero attached hydrogens (tertiary/aromatic N) is 3. The van der Waals surface area contributed by atoms with Gasteiger partial charge in [0.2, 0.25) is 11.6 Å². The van der Waals surface area contributed by atoms with Crippen LogP contribution in [-0.4, -0.2) is 34.6 Å². The summed E-state index contributed by atoms with van der Waals surface area (Å²) in [5.41, 5.74) is 1.52. The summed E-state index contributed by atoms with van der Waals surface area (Å²) in [5, 5.41) is 17.7. The molecule has 4 rings (SSSR count). The Morgan fingerprint density at radius 3 is 2.55 bits per heavy atom. The third-order valence-electron chi connectivity index (χ3n) is 4.36. The van der Waals surface area contributed by atoms with Crippen molar-refractivity contribution in [1.29, 1.82) is 0 Å². The molecule has 2 heterocycles. The van der Waals surface area contributed by atoms with Gasteiger partial charge in [-0.1, -0.05) is 30.3 Å². The van der Waals surface area contributed by atoms with Crippen molar-refractivity contribution in [2.45, 2.75) is 6.42 Å². The zero-order valence-electron chi connectivity index (χ0n) is 15.5. The molecule has 0 amide bonds. The maximum Gasteiger partial charge on any atom is 0.353 e. The lowest BCUT2D eigenvalue weighted by molar-refractivity contribution is -0.383. The number of aromatic nitrogens is 2. The van der Waals surface area contributed by atoms with E-state index >= 15 is 0 Å². The Labute approximate surface area is 166 Å². The summed E-state index contributed by atoms with van der Waals surface area (Å²) in [7, 11) is 0. The van der Waals surface area contributed by atoms with Crippen LogP contribution in [0.15, 0.2) is 54.9 Å². The number of fused-ring (bicyclic) bond motifs is 1. The van der Waals surface area contributed by atoms with Gasteiger partial charge in [0.25, 0.3) is 0 Å². The van der Waals surface area contributed by atoms with Crippen molar-refractivity contribution < 1.29 is 14.4 Å². The number of benzene rings is 2. The van der Waals surface area contributed by atoms with Crippen molar-refractivity contribution >= 4 is 23.0 Å². The summed E-state index contributed by atoms with van der Waals surface area (Å²) >= 11 is 0. The van der Waals surface area contributed by atoms with E-state index in [-0.39, 0.29) is 17.3 Å². The zero-order chi connectivity index (χ0) is 20.1. The highest BCUT2D eigenvalue weighted by Gasteiger charge is 2.23. The quantitative estimate of drug-likeness (QED) is 0.463. The molecule has 0 spiro atoms. The lowest BCUT2D eigenvalue weighted by Gasteiger charge is -2.19. The van der Waals surface area contributed by atoms with E-state index in [2.05, 4.69) is 20.6 Å². The average Bonchev–Trinajstić information content (AvgIpc) is 2.74. The minimum atomic E-state index is -0.495. The summed E-state index contributed by atoms with van der Waals surface area (Å²) < 4.78 is 11.0. The van der Waals surface area contributed by atoms with Crippen LogP contribution in [0, 0.1) is 10.1 Å². The summed E-state index contributed by atoms with van der Waals surface area (Å²) in [6, 6.07) is 15.1. The SMILES string of the molecule is O=[N+]([O-])c1c(NCCc2ccccc2)ncnc1Nc1ccc2c(c1)OCCO2. The maximum absolute atomic E-state index is 11.7. The lowest BCUT2D eigenvalue weighted by atomic mass is 10.1. The van der Waals surface area contributed by atoms with Crippen LogP contribution in [0.25, 0.3) is 0 Å². The smallest absolute Gasteiger partial charge is 0.353 e. The van der Waals surface area contributed by atoms with Crippen LogP contribution in [0.2, 0.25) is 0 Å². The van der Waals surface area contributed by atoms with Crippen LogP contribution in [-0.2, 0) is 6.42 Å². The first kappa shape index (κ1) is 18.5. The molecule has 148 valence electrons. The summed E-state index contributed by atoms with van der Waals surface area (Å²) in [6.45, 7) is 1.46. The van der Waals surface area contributed by atoms with E-state index in [1.807, 2.05) is 30.3 Å². The Morgan fingerprint density at radius 2 is 1.76 bits per heavy atom. The molecule has 0 radical (unpaired) electrons. The highest BCUT2D eigenvalue weighted by Crippen LogP contribution is 2.36. The van der Waals surface area contributed by atoms with Gasteiger partial charge in [0.05, 0.1) is 4.92 Å². The molecule has 0 unspecified atom stereocenters. The van der Waals surface area contributed by atoms with Crippen molar-refractivity contribution in [1.82, 2.24) is 9.97 Å². The first-order chi connectivity index (χ1) is 14.2. The predicted molar refractivity (Wildman–Crippen MR) is 108 cm³/mol. The van der Waals surface area contributed by atoms with Gasteiger partial charge in [-0.2, -0.15) is 0 Å². The second-order valence-electron chi connectivity index (χ2n) is 6.32. The second kappa shape index (κ2) is 8.42. The number of nitro groups is 1. The maximum atomic E-state index is 11.7. The highest BCUT2D eigenvalue weighted by molar-refractivity contribution is 5.74. The Bertz CT molecular complexity index is 1010. The topological polar surface area (TPSA) is 111 Å². The molecule has 3 aromatic rings. The van der Waals surface area contributed by atoms with E-state index in [1.165, 1.54) is 6.33 Å². The number of hydrogen-bond acceptors (Lipinski definition) is 8. The van der Waals surface area contributed by atoms with Gasteiger partial charge in [0, 0.05) is 18.3 Å². The first-order valence-electron chi connectivity index (χ1n) is 9.14. The van der Waals surface area contributed by atoms with Gasteiger partial charge in [-0.15, -0.1) is 0 Å². The normalized spacial score (nSPS) is 12.3. The van der Waals surface area contributed by atoms with Crippen molar-refractivity contribution in [3.63, 3.8) is 0 Å².